The van der Waals surface area contributed by atoms with Crippen LogP contribution in [0.2, 0.25) is 0 Å². The minimum atomic E-state index is -0.0144. The molecule has 1 aliphatic rings. The molecule has 3 aromatic rings. The number of hydrogen-bond acceptors (Lipinski definition) is 3. The summed E-state index contributed by atoms with van der Waals surface area (Å²) in [6, 6.07) is 10.5. The Kier molecular flexibility index (Phi) is 2.57. The number of hydrogen-bond donors (Lipinski definition) is 1. The van der Waals surface area contributed by atoms with Gasteiger partial charge in [0.1, 0.15) is 5.69 Å². The third-order valence-electron chi connectivity index (χ3n) is 4.14. The predicted molar refractivity (Wildman–Crippen MR) is 80.6 cm³/mol. The molecule has 0 fully saturated rings. The quantitative estimate of drug-likeness (QED) is 0.778. The Morgan fingerprint density at radius 3 is 2.86 bits per heavy atom. The van der Waals surface area contributed by atoms with Crippen molar-refractivity contribution in [3.63, 3.8) is 0 Å². The van der Waals surface area contributed by atoms with Gasteiger partial charge < -0.3 is 4.42 Å². The summed E-state index contributed by atoms with van der Waals surface area (Å²) in [5, 5.41) is 7.54. The van der Waals surface area contributed by atoms with E-state index in [1.807, 2.05) is 6.07 Å². The van der Waals surface area contributed by atoms with Gasteiger partial charge in [-0.25, -0.2) is 4.98 Å². The second-order valence-corrected chi connectivity index (χ2v) is 5.62. The number of aromatic nitrogens is 3. The number of fused-ring (bicyclic) bond motifs is 1. The fourth-order valence-corrected chi connectivity index (χ4v) is 2.93. The molecule has 104 valence electrons. The molecule has 4 nitrogen and oxygen atoms in total. The van der Waals surface area contributed by atoms with E-state index in [1.54, 1.807) is 6.20 Å². The van der Waals surface area contributed by atoms with Crippen LogP contribution in [-0.2, 0) is 11.8 Å². The smallest absolute Gasteiger partial charge is 0.181 e. The average Bonchev–Trinajstić information content (AvgIpc) is 3.16. The van der Waals surface area contributed by atoms with Crippen molar-refractivity contribution < 1.29 is 4.42 Å². The van der Waals surface area contributed by atoms with E-state index in [1.165, 1.54) is 12.0 Å². The molecule has 1 atom stereocenters. The van der Waals surface area contributed by atoms with Gasteiger partial charge in [-0.15, -0.1) is 0 Å². The number of H-pyrrole nitrogens is 1. The summed E-state index contributed by atoms with van der Waals surface area (Å²) in [5.41, 5.74) is 4.35. The number of benzene rings is 1. The lowest BCUT2D eigenvalue weighted by Gasteiger charge is -2.29. The maximum absolute atomic E-state index is 5.35. The van der Waals surface area contributed by atoms with Gasteiger partial charge in [-0.2, -0.15) is 5.10 Å². The Labute approximate surface area is 122 Å². The molecule has 0 radical (unpaired) electrons. The number of oxazole rings is 1. The second-order valence-electron chi connectivity index (χ2n) is 5.62. The molecule has 1 aromatic carbocycles. The third-order valence-corrected chi connectivity index (χ3v) is 4.14. The maximum Gasteiger partial charge on any atom is 0.181 e. The molecule has 0 aliphatic heterocycles. The zero-order valence-electron chi connectivity index (χ0n) is 11.7. The highest BCUT2D eigenvalue weighted by atomic mass is 16.3. The van der Waals surface area contributed by atoms with Crippen LogP contribution < -0.4 is 0 Å². The lowest BCUT2D eigenvalue weighted by Crippen LogP contribution is -2.25. The fraction of sp³-hybridized carbons (Fsp3) is 0.176. The van der Waals surface area contributed by atoms with Crippen molar-refractivity contribution in [3.05, 3.63) is 65.8 Å². The predicted octanol–water partition coefficient (Wildman–Crippen LogP) is 3.59. The molecule has 1 unspecified atom stereocenters. The first-order valence-corrected chi connectivity index (χ1v) is 6.97. The second kappa shape index (κ2) is 4.45. The lowest BCUT2D eigenvalue weighted by atomic mass is 9.74. The zero-order chi connectivity index (χ0) is 14.3. The Morgan fingerprint density at radius 2 is 2.10 bits per heavy atom. The normalized spacial score (nSPS) is 20.4. The van der Waals surface area contributed by atoms with E-state index < -0.39 is 0 Å². The lowest BCUT2D eigenvalue weighted by molar-refractivity contribution is 0.569. The van der Waals surface area contributed by atoms with Gasteiger partial charge in [-0.3, -0.25) is 5.10 Å². The van der Waals surface area contributed by atoms with Gasteiger partial charge in [-0.1, -0.05) is 49.4 Å². The first kappa shape index (κ1) is 12.1. The number of rotatable bonds is 2. The van der Waals surface area contributed by atoms with Gasteiger partial charge in [0.15, 0.2) is 12.2 Å². The summed E-state index contributed by atoms with van der Waals surface area (Å²) in [5.74, 6) is 0.695. The fourth-order valence-electron chi connectivity index (χ4n) is 2.93. The molecule has 0 amide bonds. The first-order chi connectivity index (χ1) is 10.3. The highest BCUT2D eigenvalue weighted by molar-refractivity contribution is 5.72. The molecular weight excluding hydrogens is 262 g/mol. The van der Waals surface area contributed by atoms with Crippen molar-refractivity contribution in [1.29, 1.82) is 0 Å². The Morgan fingerprint density at radius 1 is 1.24 bits per heavy atom. The maximum atomic E-state index is 5.35. The van der Waals surface area contributed by atoms with Crippen LogP contribution in [0.25, 0.3) is 17.5 Å². The number of allylic oxidation sites excluding steroid dienone is 1. The summed E-state index contributed by atoms with van der Waals surface area (Å²) in [4.78, 5) is 3.96. The van der Waals surface area contributed by atoms with Crippen LogP contribution in [0.1, 0.15) is 23.7 Å². The monoisotopic (exact) mass is 277 g/mol. The first-order valence-electron chi connectivity index (χ1n) is 6.97. The van der Waals surface area contributed by atoms with Gasteiger partial charge in [0.2, 0.25) is 0 Å². The molecule has 2 aromatic heterocycles. The van der Waals surface area contributed by atoms with Crippen molar-refractivity contribution in [2.75, 3.05) is 0 Å². The standard InChI is InChI=1S/C17H15N3O/c1-17(12-5-3-2-4-6-12)8-7-13-14(9-17)19-20-16(13)15-10-18-11-21-15/h2-8,10-11H,9H2,1H3,(H,19,20). The molecule has 1 N–H and O–H groups in total. The minimum Gasteiger partial charge on any atom is -0.442 e. The van der Waals surface area contributed by atoms with E-state index in [-0.39, 0.29) is 5.41 Å². The number of nitrogens with one attached hydrogen (secondary N) is 1. The Hall–Kier alpha value is -2.62. The highest BCUT2D eigenvalue weighted by Gasteiger charge is 2.30. The van der Waals surface area contributed by atoms with Crippen molar-refractivity contribution in [2.24, 2.45) is 0 Å². The minimum absolute atomic E-state index is 0.0144. The van der Waals surface area contributed by atoms with E-state index >= 15 is 0 Å². The van der Waals surface area contributed by atoms with E-state index in [0.717, 1.165) is 23.4 Å². The van der Waals surface area contributed by atoms with Crippen LogP contribution in [-0.4, -0.2) is 15.2 Å². The van der Waals surface area contributed by atoms with Gasteiger partial charge >= 0.3 is 0 Å². The van der Waals surface area contributed by atoms with Crippen molar-refractivity contribution >= 4 is 6.08 Å². The molecular formula is C17H15N3O. The van der Waals surface area contributed by atoms with Gasteiger partial charge in [0, 0.05) is 23.1 Å². The molecule has 0 saturated heterocycles. The van der Waals surface area contributed by atoms with Crippen molar-refractivity contribution in [1.82, 2.24) is 15.2 Å². The third kappa shape index (κ3) is 1.91. The summed E-state index contributed by atoms with van der Waals surface area (Å²) in [6.07, 6.45) is 8.39. The Bertz CT molecular complexity index is 787. The van der Waals surface area contributed by atoms with Crippen LogP contribution in [0.4, 0.5) is 0 Å². The van der Waals surface area contributed by atoms with Crippen LogP contribution in [0.3, 0.4) is 0 Å². The molecule has 21 heavy (non-hydrogen) atoms. The van der Waals surface area contributed by atoms with Gasteiger partial charge in [0.25, 0.3) is 0 Å². The van der Waals surface area contributed by atoms with Crippen molar-refractivity contribution in [3.8, 4) is 11.5 Å². The molecule has 1 aliphatic carbocycles. The summed E-state index contributed by atoms with van der Waals surface area (Å²) >= 11 is 0. The Balaban J connectivity index is 1.76. The zero-order valence-corrected chi connectivity index (χ0v) is 11.7. The highest BCUT2D eigenvalue weighted by Crippen LogP contribution is 2.37. The average molecular weight is 277 g/mol. The van der Waals surface area contributed by atoms with Crippen LogP contribution in [0.15, 0.2) is 53.4 Å². The molecule has 0 spiro atoms. The molecule has 4 heteroatoms. The number of nitrogens with zero attached hydrogens (tertiary/aromatic N) is 2. The molecule has 4 rings (SSSR count). The molecule has 2 heterocycles. The van der Waals surface area contributed by atoms with E-state index in [9.17, 15) is 0 Å². The van der Waals surface area contributed by atoms with Crippen molar-refractivity contribution in [2.45, 2.75) is 18.8 Å². The van der Waals surface area contributed by atoms with E-state index in [4.69, 9.17) is 4.42 Å². The van der Waals surface area contributed by atoms with Crippen LogP contribution >= 0.6 is 0 Å². The van der Waals surface area contributed by atoms with Gasteiger partial charge in [0.05, 0.1) is 6.20 Å². The molecule has 0 bridgehead atoms. The van der Waals surface area contributed by atoms with Crippen LogP contribution in [0.5, 0.6) is 0 Å². The summed E-state index contributed by atoms with van der Waals surface area (Å²) in [6.45, 7) is 2.25. The SMILES string of the molecule is CC1(c2ccccc2)C=Cc2c(-c3cnco3)n[nH]c2C1. The number of aromatic amines is 1. The van der Waals surface area contributed by atoms with Crippen LogP contribution in [0, 0.1) is 0 Å². The summed E-state index contributed by atoms with van der Waals surface area (Å²) in [7, 11) is 0. The van der Waals surface area contributed by atoms with E-state index in [2.05, 4.69) is 58.5 Å². The summed E-state index contributed by atoms with van der Waals surface area (Å²) < 4.78 is 5.35. The van der Waals surface area contributed by atoms with E-state index in [0.29, 0.717) is 5.76 Å². The molecule has 0 saturated carbocycles. The van der Waals surface area contributed by atoms with Gasteiger partial charge in [-0.05, 0) is 5.56 Å². The topological polar surface area (TPSA) is 54.7 Å². The largest absolute Gasteiger partial charge is 0.442 e.